The van der Waals surface area contributed by atoms with Gasteiger partial charge in [0.2, 0.25) is 0 Å². The first kappa shape index (κ1) is 13.6. The SMILES string of the molecule is C/C(=C/c1ccccc1)CNCCCn1cccn1. The number of nitrogens with one attached hydrogen (secondary N) is 1. The number of nitrogens with zero attached hydrogens (tertiary/aromatic N) is 2. The van der Waals surface area contributed by atoms with Gasteiger partial charge in [-0.05, 0) is 31.5 Å². The van der Waals surface area contributed by atoms with Crippen molar-refractivity contribution in [2.45, 2.75) is 19.9 Å². The first-order valence-electron chi connectivity index (χ1n) is 6.75. The fraction of sp³-hybridized carbons (Fsp3) is 0.312. The smallest absolute Gasteiger partial charge is 0.0489 e. The van der Waals surface area contributed by atoms with E-state index in [0.29, 0.717) is 0 Å². The zero-order chi connectivity index (χ0) is 13.3. The van der Waals surface area contributed by atoms with Gasteiger partial charge in [0.05, 0.1) is 0 Å². The van der Waals surface area contributed by atoms with E-state index in [9.17, 15) is 0 Å². The molecule has 0 spiro atoms. The zero-order valence-corrected chi connectivity index (χ0v) is 11.4. The molecule has 100 valence electrons. The first-order chi connectivity index (χ1) is 9.34. The van der Waals surface area contributed by atoms with Crippen molar-refractivity contribution in [1.29, 1.82) is 0 Å². The molecule has 0 fully saturated rings. The Morgan fingerprint density at radius 2 is 2.11 bits per heavy atom. The molecule has 0 amide bonds. The molecule has 0 radical (unpaired) electrons. The predicted octanol–water partition coefficient (Wildman–Crippen LogP) is 2.97. The molecule has 1 N–H and O–H groups in total. The van der Waals surface area contributed by atoms with Crippen LogP contribution in [0.3, 0.4) is 0 Å². The summed E-state index contributed by atoms with van der Waals surface area (Å²) in [6.07, 6.45) is 7.14. The van der Waals surface area contributed by atoms with Crippen molar-refractivity contribution in [2.24, 2.45) is 0 Å². The Morgan fingerprint density at radius 1 is 1.26 bits per heavy atom. The number of hydrogen-bond acceptors (Lipinski definition) is 2. The highest BCUT2D eigenvalue weighted by Crippen LogP contribution is 2.05. The Labute approximate surface area is 115 Å². The molecule has 19 heavy (non-hydrogen) atoms. The quantitative estimate of drug-likeness (QED) is 0.771. The molecule has 0 atom stereocenters. The van der Waals surface area contributed by atoms with Crippen molar-refractivity contribution < 1.29 is 0 Å². The molecule has 0 aliphatic rings. The first-order valence-corrected chi connectivity index (χ1v) is 6.75. The molecule has 0 saturated heterocycles. The van der Waals surface area contributed by atoms with Crippen LogP contribution in [0.5, 0.6) is 0 Å². The summed E-state index contributed by atoms with van der Waals surface area (Å²) in [5, 5.41) is 7.64. The van der Waals surface area contributed by atoms with Gasteiger partial charge in [-0.2, -0.15) is 5.10 Å². The normalized spacial score (nSPS) is 11.7. The highest BCUT2D eigenvalue weighted by atomic mass is 15.3. The molecule has 2 rings (SSSR count). The van der Waals surface area contributed by atoms with E-state index in [1.807, 2.05) is 29.2 Å². The maximum Gasteiger partial charge on any atom is 0.0489 e. The lowest BCUT2D eigenvalue weighted by Crippen LogP contribution is -2.19. The number of aromatic nitrogens is 2. The van der Waals surface area contributed by atoms with Gasteiger partial charge in [-0.3, -0.25) is 4.68 Å². The van der Waals surface area contributed by atoms with Crippen molar-refractivity contribution in [1.82, 2.24) is 15.1 Å². The Bertz CT molecular complexity index is 486. The second-order valence-electron chi connectivity index (χ2n) is 4.70. The molecule has 1 aromatic heterocycles. The maximum atomic E-state index is 4.18. The van der Waals surface area contributed by atoms with Crippen LogP contribution in [0.1, 0.15) is 18.9 Å². The van der Waals surface area contributed by atoms with Gasteiger partial charge in [0.25, 0.3) is 0 Å². The number of hydrogen-bond donors (Lipinski definition) is 1. The van der Waals surface area contributed by atoms with Gasteiger partial charge in [-0.15, -0.1) is 0 Å². The molecule has 0 aliphatic heterocycles. The highest BCUT2D eigenvalue weighted by Gasteiger charge is 1.93. The van der Waals surface area contributed by atoms with Crippen LogP contribution in [0.15, 0.2) is 54.4 Å². The fourth-order valence-electron chi connectivity index (χ4n) is 1.97. The number of aryl methyl sites for hydroxylation is 1. The van der Waals surface area contributed by atoms with Gasteiger partial charge in [0.15, 0.2) is 0 Å². The van der Waals surface area contributed by atoms with Crippen LogP contribution >= 0.6 is 0 Å². The van der Waals surface area contributed by atoms with Crippen molar-refractivity contribution in [3.8, 4) is 0 Å². The summed E-state index contributed by atoms with van der Waals surface area (Å²) in [5.41, 5.74) is 2.61. The molecule has 1 heterocycles. The van der Waals surface area contributed by atoms with Crippen LogP contribution in [0.2, 0.25) is 0 Å². The molecule has 3 nitrogen and oxygen atoms in total. The lowest BCUT2D eigenvalue weighted by molar-refractivity contribution is 0.553. The van der Waals surface area contributed by atoms with Gasteiger partial charge in [-0.25, -0.2) is 0 Å². The van der Waals surface area contributed by atoms with Crippen LogP contribution in [0.4, 0.5) is 0 Å². The summed E-state index contributed by atoms with van der Waals surface area (Å²) in [6, 6.07) is 12.4. The zero-order valence-electron chi connectivity index (χ0n) is 11.4. The van der Waals surface area contributed by atoms with E-state index in [4.69, 9.17) is 0 Å². The molecule has 0 saturated carbocycles. The topological polar surface area (TPSA) is 29.9 Å². The van der Waals surface area contributed by atoms with Crippen molar-refractivity contribution in [3.63, 3.8) is 0 Å². The van der Waals surface area contributed by atoms with E-state index in [-0.39, 0.29) is 0 Å². The molecule has 1 aromatic carbocycles. The summed E-state index contributed by atoms with van der Waals surface area (Å²) in [4.78, 5) is 0. The van der Waals surface area contributed by atoms with Crippen molar-refractivity contribution in [2.75, 3.05) is 13.1 Å². The van der Waals surface area contributed by atoms with E-state index in [1.54, 1.807) is 0 Å². The minimum atomic E-state index is 0.938. The molecule has 0 aliphatic carbocycles. The largest absolute Gasteiger partial charge is 0.313 e. The van der Waals surface area contributed by atoms with Gasteiger partial charge in [0, 0.05) is 25.5 Å². The Kier molecular flexibility index (Phi) is 5.38. The van der Waals surface area contributed by atoms with Crippen LogP contribution in [0, 0.1) is 0 Å². The van der Waals surface area contributed by atoms with Gasteiger partial charge < -0.3 is 5.32 Å². The third-order valence-electron chi connectivity index (χ3n) is 2.92. The Balaban J connectivity index is 1.64. The number of benzene rings is 1. The lowest BCUT2D eigenvalue weighted by atomic mass is 10.1. The molecule has 2 aromatic rings. The average molecular weight is 255 g/mol. The van der Waals surface area contributed by atoms with E-state index in [2.05, 4.69) is 47.7 Å². The van der Waals surface area contributed by atoms with Crippen LogP contribution in [-0.2, 0) is 6.54 Å². The predicted molar refractivity (Wildman–Crippen MR) is 79.8 cm³/mol. The lowest BCUT2D eigenvalue weighted by Gasteiger charge is -2.05. The Morgan fingerprint density at radius 3 is 2.84 bits per heavy atom. The standard InChI is InChI=1S/C16H21N3/c1-15(13-16-7-3-2-4-8-16)14-17-9-5-11-19-12-6-10-18-19/h2-4,6-8,10,12-13,17H,5,9,11,14H2,1H3/b15-13-. The Hall–Kier alpha value is -1.87. The molecule has 0 unspecified atom stereocenters. The minimum absolute atomic E-state index is 0.938. The minimum Gasteiger partial charge on any atom is -0.313 e. The van der Waals surface area contributed by atoms with E-state index < -0.39 is 0 Å². The third-order valence-corrected chi connectivity index (χ3v) is 2.92. The van der Waals surface area contributed by atoms with E-state index in [1.165, 1.54) is 11.1 Å². The molecular weight excluding hydrogens is 234 g/mol. The fourth-order valence-corrected chi connectivity index (χ4v) is 1.97. The van der Waals surface area contributed by atoms with Gasteiger partial charge in [-0.1, -0.05) is 42.0 Å². The van der Waals surface area contributed by atoms with Crippen molar-refractivity contribution in [3.05, 3.63) is 59.9 Å². The van der Waals surface area contributed by atoms with Crippen LogP contribution < -0.4 is 5.32 Å². The number of rotatable bonds is 7. The summed E-state index contributed by atoms with van der Waals surface area (Å²) in [5.74, 6) is 0. The van der Waals surface area contributed by atoms with Gasteiger partial charge in [0.1, 0.15) is 0 Å². The second kappa shape index (κ2) is 7.54. The third kappa shape index (κ3) is 5.10. The van der Waals surface area contributed by atoms with Crippen molar-refractivity contribution >= 4 is 6.08 Å². The van der Waals surface area contributed by atoms with Crippen LogP contribution in [0.25, 0.3) is 6.08 Å². The van der Waals surface area contributed by atoms with E-state index in [0.717, 1.165) is 26.1 Å². The molecular formula is C16H21N3. The summed E-state index contributed by atoms with van der Waals surface area (Å²) in [6.45, 7) is 5.09. The average Bonchev–Trinajstić information content (AvgIpc) is 2.92. The summed E-state index contributed by atoms with van der Waals surface area (Å²) >= 11 is 0. The second-order valence-corrected chi connectivity index (χ2v) is 4.70. The molecule has 3 heteroatoms. The molecule has 0 bridgehead atoms. The monoisotopic (exact) mass is 255 g/mol. The van der Waals surface area contributed by atoms with Gasteiger partial charge >= 0.3 is 0 Å². The maximum absolute atomic E-state index is 4.18. The summed E-state index contributed by atoms with van der Waals surface area (Å²) in [7, 11) is 0. The summed E-state index contributed by atoms with van der Waals surface area (Å²) < 4.78 is 1.97. The van der Waals surface area contributed by atoms with E-state index >= 15 is 0 Å². The highest BCUT2D eigenvalue weighted by molar-refractivity contribution is 5.52. The van der Waals surface area contributed by atoms with Crippen LogP contribution in [-0.4, -0.2) is 22.9 Å².